The van der Waals surface area contributed by atoms with Gasteiger partial charge in [0.05, 0.1) is 0 Å². The van der Waals surface area contributed by atoms with E-state index in [9.17, 15) is 4.79 Å². The number of rotatable bonds is 3. The molecule has 2 N–H and O–H groups in total. The minimum atomic E-state index is 0. The lowest BCUT2D eigenvalue weighted by atomic mass is 9.89. The van der Waals surface area contributed by atoms with Crippen LogP contribution in [-0.2, 0) is 0 Å². The van der Waals surface area contributed by atoms with Gasteiger partial charge in [-0.25, -0.2) is 0 Å². The first-order chi connectivity index (χ1) is 11.1. The second kappa shape index (κ2) is 8.15. The summed E-state index contributed by atoms with van der Waals surface area (Å²) in [5, 5.41) is 0. The summed E-state index contributed by atoms with van der Waals surface area (Å²) in [7, 11) is 0. The van der Waals surface area contributed by atoms with Gasteiger partial charge in [-0.15, -0.1) is 12.4 Å². The molecule has 2 aromatic carbocycles. The first-order valence-electron chi connectivity index (χ1n) is 7.90. The molecule has 3 nitrogen and oxygen atoms in total. The van der Waals surface area contributed by atoms with Crippen molar-refractivity contribution in [2.75, 3.05) is 19.6 Å². The summed E-state index contributed by atoms with van der Waals surface area (Å²) in [6, 6.07) is 16.1. The van der Waals surface area contributed by atoms with Crippen molar-refractivity contribution in [3.63, 3.8) is 0 Å². The summed E-state index contributed by atoms with van der Waals surface area (Å²) >= 11 is 3.51. The molecule has 24 heavy (non-hydrogen) atoms. The Morgan fingerprint density at radius 2 is 1.92 bits per heavy atom. The minimum Gasteiger partial charge on any atom is -0.338 e. The van der Waals surface area contributed by atoms with E-state index in [1.807, 2.05) is 48.2 Å². The van der Waals surface area contributed by atoms with Gasteiger partial charge >= 0.3 is 0 Å². The fourth-order valence-electron chi connectivity index (χ4n) is 3.26. The van der Waals surface area contributed by atoms with Crippen molar-refractivity contribution in [1.82, 2.24) is 4.90 Å². The molecule has 0 bridgehead atoms. The summed E-state index contributed by atoms with van der Waals surface area (Å²) in [6.45, 7) is 4.07. The smallest absolute Gasteiger partial charge is 0.253 e. The van der Waals surface area contributed by atoms with Gasteiger partial charge in [-0.1, -0.05) is 52.3 Å². The number of hydrogen-bond donors (Lipinski definition) is 1. The van der Waals surface area contributed by atoms with E-state index in [1.165, 1.54) is 5.56 Å². The van der Waals surface area contributed by atoms with Gasteiger partial charge in [0, 0.05) is 29.0 Å². The molecule has 128 valence electrons. The van der Waals surface area contributed by atoms with E-state index >= 15 is 0 Å². The highest BCUT2D eigenvalue weighted by Gasteiger charge is 2.35. The normalized spacial score (nSPS) is 19.9. The predicted molar refractivity (Wildman–Crippen MR) is 104 cm³/mol. The largest absolute Gasteiger partial charge is 0.338 e. The van der Waals surface area contributed by atoms with E-state index in [0.29, 0.717) is 18.4 Å². The van der Waals surface area contributed by atoms with Crippen LogP contribution in [0.3, 0.4) is 0 Å². The lowest BCUT2D eigenvalue weighted by Gasteiger charge is -2.17. The van der Waals surface area contributed by atoms with Gasteiger partial charge in [-0.2, -0.15) is 0 Å². The third-order valence-corrected chi connectivity index (χ3v) is 5.53. The van der Waals surface area contributed by atoms with E-state index in [-0.39, 0.29) is 18.3 Å². The van der Waals surface area contributed by atoms with Gasteiger partial charge in [0.25, 0.3) is 5.91 Å². The molecule has 5 heteroatoms. The molecule has 2 atom stereocenters. The molecular formula is C19H22BrClN2O. The lowest BCUT2D eigenvalue weighted by molar-refractivity contribution is 0.0786. The van der Waals surface area contributed by atoms with Crippen LogP contribution in [-0.4, -0.2) is 30.4 Å². The molecule has 1 fully saturated rings. The fraction of sp³-hybridized carbons (Fsp3) is 0.316. The Morgan fingerprint density at radius 3 is 2.54 bits per heavy atom. The van der Waals surface area contributed by atoms with E-state index in [2.05, 4.69) is 28.1 Å². The van der Waals surface area contributed by atoms with Crippen LogP contribution >= 0.6 is 28.3 Å². The minimum absolute atomic E-state index is 0. The Balaban J connectivity index is 0.00000208. The Bertz CT molecular complexity index is 708. The van der Waals surface area contributed by atoms with Crippen LogP contribution in [0.1, 0.15) is 27.4 Å². The highest BCUT2D eigenvalue weighted by Crippen LogP contribution is 2.33. The van der Waals surface area contributed by atoms with Crippen LogP contribution < -0.4 is 5.73 Å². The van der Waals surface area contributed by atoms with Gasteiger partial charge in [-0.05, 0) is 42.6 Å². The molecule has 3 rings (SSSR count). The lowest BCUT2D eigenvalue weighted by Crippen LogP contribution is -2.29. The van der Waals surface area contributed by atoms with Gasteiger partial charge in [-0.3, -0.25) is 4.79 Å². The Morgan fingerprint density at radius 1 is 1.21 bits per heavy atom. The quantitative estimate of drug-likeness (QED) is 0.833. The fourth-order valence-corrected chi connectivity index (χ4v) is 3.64. The molecule has 1 aliphatic rings. The summed E-state index contributed by atoms with van der Waals surface area (Å²) < 4.78 is 0.970. The Hall–Kier alpha value is -1.36. The number of hydrogen-bond acceptors (Lipinski definition) is 2. The van der Waals surface area contributed by atoms with Crippen molar-refractivity contribution in [3.05, 3.63) is 69.7 Å². The van der Waals surface area contributed by atoms with E-state index in [4.69, 9.17) is 5.73 Å². The van der Waals surface area contributed by atoms with E-state index in [1.54, 1.807) is 0 Å². The second-order valence-corrected chi connectivity index (χ2v) is 7.04. The molecule has 0 spiro atoms. The van der Waals surface area contributed by atoms with Crippen LogP contribution in [0.4, 0.5) is 0 Å². The third-order valence-electron chi connectivity index (χ3n) is 4.68. The van der Waals surface area contributed by atoms with Crippen LogP contribution in [0.25, 0.3) is 0 Å². The zero-order valence-electron chi connectivity index (χ0n) is 13.6. The second-order valence-electron chi connectivity index (χ2n) is 6.19. The molecule has 0 saturated carbocycles. The number of nitrogens with two attached hydrogens (primary N) is 1. The van der Waals surface area contributed by atoms with Crippen molar-refractivity contribution < 1.29 is 4.79 Å². The first kappa shape index (κ1) is 19.0. The van der Waals surface area contributed by atoms with Gasteiger partial charge < -0.3 is 10.6 Å². The number of likely N-dealkylation sites (tertiary alicyclic amines) is 1. The van der Waals surface area contributed by atoms with Gasteiger partial charge in [0.1, 0.15) is 0 Å². The third kappa shape index (κ3) is 3.82. The topological polar surface area (TPSA) is 46.3 Å². The number of carbonyl (C=O) groups excluding carboxylic acids is 1. The van der Waals surface area contributed by atoms with E-state index in [0.717, 1.165) is 28.7 Å². The number of halogens is 2. The van der Waals surface area contributed by atoms with Crippen molar-refractivity contribution in [1.29, 1.82) is 0 Å². The zero-order valence-corrected chi connectivity index (χ0v) is 16.0. The standard InChI is InChI=1S/C19H21BrN2O.ClH/c1-13-7-8-15(9-18(13)20)19(23)22-11-16(10-21)17(12-22)14-5-3-2-4-6-14;/h2-9,16-17H,10-12,21H2,1H3;1H/t16-,17+;/m1./s1. The Kier molecular flexibility index (Phi) is 6.44. The number of nitrogens with zero attached hydrogens (tertiary/aromatic N) is 1. The van der Waals surface area contributed by atoms with Crippen LogP contribution in [0.2, 0.25) is 0 Å². The van der Waals surface area contributed by atoms with Crippen LogP contribution in [0.15, 0.2) is 53.0 Å². The molecule has 0 aliphatic carbocycles. The number of aryl methyl sites for hydroxylation is 1. The zero-order chi connectivity index (χ0) is 16.4. The molecular weight excluding hydrogens is 388 g/mol. The number of benzene rings is 2. The van der Waals surface area contributed by atoms with Gasteiger partial charge in [0.15, 0.2) is 0 Å². The van der Waals surface area contributed by atoms with Crippen LogP contribution in [0, 0.1) is 12.8 Å². The summed E-state index contributed by atoms with van der Waals surface area (Å²) in [6.07, 6.45) is 0. The van der Waals surface area contributed by atoms with Crippen LogP contribution in [0.5, 0.6) is 0 Å². The summed E-state index contributed by atoms with van der Waals surface area (Å²) in [5.41, 5.74) is 9.09. The molecule has 0 radical (unpaired) electrons. The average Bonchev–Trinajstić information content (AvgIpc) is 3.02. The SMILES string of the molecule is Cc1ccc(C(=O)N2C[C@@H](CN)[C@H](c3ccccc3)C2)cc1Br.Cl. The number of amides is 1. The number of carbonyl (C=O) groups is 1. The highest BCUT2D eigenvalue weighted by molar-refractivity contribution is 9.10. The maximum atomic E-state index is 12.8. The molecule has 1 saturated heterocycles. The van der Waals surface area contributed by atoms with Crippen molar-refractivity contribution in [3.8, 4) is 0 Å². The van der Waals surface area contributed by atoms with Crippen molar-refractivity contribution >= 4 is 34.2 Å². The molecule has 1 aliphatic heterocycles. The first-order valence-corrected chi connectivity index (χ1v) is 8.70. The maximum Gasteiger partial charge on any atom is 0.253 e. The predicted octanol–water partition coefficient (Wildman–Crippen LogP) is 3.99. The van der Waals surface area contributed by atoms with Gasteiger partial charge in [0.2, 0.25) is 0 Å². The molecule has 0 aromatic heterocycles. The highest BCUT2D eigenvalue weighted by atomic mass is 79.9. The Labute approximate surface area is 157 Å². The summed E-state index contributed by atoms with van der Waals surface area (Å²) in [4.78, 5) is 14.7. The molecule has 1 heterocycles. The average molecular weight is 410 g/mol. The van der Waals surface area contributed by atoms with E-state index < -0.39 is 0 Å². The van der Waals surface area contributed by atoms with Crippen molar-refractivity contribution in [2.45, 2.75) is 12.8 Å². The summed E-state index contributed by atoms with van der Waals surface area (Å²) in [5.74, 6) is 0.719. The monoisotopic (exact) mass is 408 g/mol. The molecule has 0 unspecified atom stereocenters. The molecule has 2 aromatic rings. The molecule has 1 amide bonds. The maximum absolute atomic E-state index is 12.8. The van der Waals surface area contributed by atoms with Crippen molar-refractivity contribution in [2.24, 2.45) is 11.7 Å².